The van der Waals surface area contributed by atoms with Gasteiger partial charge in [0.1, 0.15) is 12.4 Å². The Hall–Kier alpha value is -2.64. The van der Waals surface area contributed by atoms with E-state index in [1.165, 1.54) is 18.5 Å². The quantitative estimate of drug-likeness (QED) is 0.852. The zero-order valence-corrected chi connectivity index (χ0v) is 13.2. The van der Waals surface area contributed by atoms with Crippen molar-refractivity contribution < 1.29 is 22.7 Å². The highest BCUT2D eigenvalue weighted by atomic mass is 19.4. The summed E-state index contributed by atoms with van der Waals surface area (Å²) in [5.74, 6) is 0.133. The molecule has 8 heteroatoms. The molecule has 0 radical (unpaired) electrons. The van der Waals surface area contributed by atoms with Crippen LogP contribution in [0.15, 0.2) is 42.9 Å². The molecule has 1 aromatic carbocycles. The number of rotatable bonds is 3. The summed E-state index contributed by atoms with van der Waals surface area (Å²) in [6.45, 7) is 0.910. The number of nitrogens with zero attached hydrogens (tertiary/aromatic N) is 3. The number of hydrogen-bond donors (Lipinski definition) is 0. The number of likely N-dealkylation sites (tertiary alicyclic amines) is 1. The predicted octanol–water partition coefficient (Wildman–Crippen LogP) is 3.18. The zero-order chi connectivity index (χ0) is 17.9. The van der Waals surface area contributed by atoms with Crippen molar-refractivity contribution in [2.45, 2.75) is 25.1 Å². The van der Waals surface area contributed by atoms with Crippen molar-refractivity contribution in [3.05, 3.63) is 54.0 Å². The molecule has 1 saturated heterocycles. The Balaban J connectivity index is 1.65. The second-order valence-corrected chi connectivity index (χ2v) is 5.76. The Morgan fingerprint density at radius 2 is 1.96 bits per heavy atom. The van der Waals surface area contributed by atoms with E-state index in [0.29, 0.717) is 19.0 Å². The van der Waals surface area contributed by atoms with Crippen LogP contribution in [0.3, 0.4) is 0 Å². The molecular weight excluding hydrogens is 335 g/mol. The van der Waals surface area contributed by atoms with Gasteiger partial charge in [-0.05, 0) is 37.1 Å². The van der Waals surface area contributed by atoms with Gasteiger partial charge in [0.05, 0.1) is 12.1 Å². The van der Waals surface area contributed by atoms with Gasteiger partial charge in [-0.3, -0.25) is 4.79 Å². The number of carbonyl (C=O) groups excluding carboxylic acids is 1. The van der Waals surface area contributed by atoms with Gasteiger partial charge in [0.25, 0.3) is 5.91 Å². The summed E-state index contributed by atoms with van der Waals surface area (Å²) in [5, 5.41) is 0. The standard InChI is InChI=1S/C17H16F3N3O2/c18-17(19,20)13-5-3-12(4-6-13)16(24)23-9-1-2-14(10-23)25-15-7-8-21-11-22-15/h3-8,11,14H,1-2,9-10H2. The molecule has 1 aliphatic heterocycles. The lowest BCUT2D eigenvalue weighted by atomic mass is 10.1. The minimum absolute atomic E-state index is 0.206. The number of benzene rings is 1. The summed E-state index contributed by atoms with van der Waals surface area (Å²) in [4.78, 5) is 21.9. The van der Waals surface area contributed by atoms with E-state index in [1.807, 2.05) is 0 Å². The lowest BCUT2D eigenvalue weighted by Gasteiger charge is -2.32. The number of alkyl halides is 3. The first-order valence-corrected chi connectivity index (χ1v) is 7.83. The molecule has 0 saturated carbocycles. The lowest BCUT2D eigenvalue weighted by Crippen LogP contribution is -2.44. The van der Waals surface area contributed by atoms with Crippen molar-refractivity contribution >= 4 is 5.91 Å². The number of ether oxygens (including phenoxy) is 1. The van der Waals surface area contributed by atoms with E-state index in [0.717, 1.165) is 25.0 Å². The van der Waals surface area contributed by atoms with Crippen LogP contribution in [0.1, 0.15) is 28.8 Å². The van der Waals surface area contributed by atoms with E-state index < -0.39 is 11.7 Å². The molecule has 1 aliphatic rings. The first-order valence-electron chi connectivity index (χ1n) is 7.83. The van der Waals surface area contributed by atoms with Crippen molar-refractivity contribution in [1.29, 1.82) is 0 Å². The molecule has 1 fully saturated rings. The minimum Gasteiger partial charge on any atom is -0.472 e. The molecule has 0 bridgehead atoms. The van der Waals surface area contributed by atoms with Crippen molar-refractivity contribution in [3.63, 3.8) is 0 Å². The van der Waals surface area contributed by atoms with Crippen LogP contribution in [0, 0.1) is 0 Å². The lowest BCUT2D eigenvalue weighted by molar-refractivity contribution is -0.137. The van der Waals surface area contributed by atoms with Crippen molar-refractivity contribution in [1.82, 2.24) is 14.9 Å². The van der Waals surface area contributed by atoms with Crippen molar-refractivity contribution in [2.24, 2.45) is 0 Å². The molecule has 132 valence electrons. The molecule has 0 spiro atoms. The average Bonchev–Trinajstić information content (AvgIpc) is 2.61. The smallest absolute Gasteiger partial charge is 0.416 e. The Kier molecular flexibility index (Phi) is 4.87. The predicted molar refractivity (Wildman–Crippen MR) is 83.0 cm³/mol. The van der Waals surface area contributed by atoms with E-state index in [-0.39, 0.29) is 17.6 Å². The van der Waals surface area contributed by atoms with Gasteiger partial charge in [-0.2, -0.15) is 13.2 Å². The number of halogens is 3. The molecule has 1 unspecified atom stereocenters. The van der Waals surface area contributed by atoms with Crippen LogP contribution < -0.4 is 4.74 Å². The molecule has 3 rings (SSSR count). The largest absolute Gasteiger partial charge is 0.472 e. The molecule has 1 aromatic heterocycles. The van der Waals surface area contributed by atoms with Crippen LogP contribution in [0.4, 0.5) is 13.2 Å². The van der Waals surface area contributed by atoms with Crippen LogP contribution >= 0.6 is 0 Å². The normalized spacial score (nSPS) is 18.0. The van der Waals surface area contributed by atoms with E-state index >= 15 is 0 Å². The second kappa shape index (κ2) is 7.08. The number of aromatic nitrogens is 2. The van der Waals surface area contributed by atoms with Gasteiger partial charge >= 0.3 is 6.18 Å². The first kappa shape index (κ1) is 17.2. The maximum absolute atomic E-state index is 12.6. The minimum atomic E-state index is -4.41. The van der Waals surface area contributed by atoms with Crippen LogP contribution in [0.25, 0.3) is 0 Å². The van der Waals surface area contributed by atoms with Gasteiger partial charge in [0.15, 0.2) is 0 Å². The maximum Gasteiger partial charge on any atom is 0.416 e. The van der Waals surface area contributed by atoms with Gasteiger partial charge in [0.2, 0.25) is 5.88 Å². The average molecular weight is 351 g/mol. The van der Waals surface area contributed by atoms with Gasteiger partial charge in [-0.15, -0.1) is 0 Å². The number of amides is 1. The summed E-state index contributed by atoms with van der Waals surface area (Å²) in [5.41, 5.74) is -0.539. The molecule has 25 heavy (non-hydrogen) atoms. The Labute approximate surface area is 142 Å². The molecule has 1 atom stereocenters. The van der Waals surface area contributed by atoms with E-state index in [9.17, 15) is 18.0 Å². The van der Waals surface area contributed by atoms with Gasteiger partial charge in [0, 0.05) is 24.4 Å². The number of carbonyl (C=O) groups is 1. The van der Waals surface area contributed by atoms with Gasteiger partial charge < -0.3 is 9.64 Å². The molecular formula is C17H16F3N3O2. The fourth-order valence-corrected chi connectivity index (χ4v) is 2.72. The Morgan fingerprint density at radius 1 is 1.20 bits per heavy atom. The first-order chi connectivity index (χ1) is 11.9. The zero-order valence-electron chi connectivity index (χ0n) is 13.2. The molecule has 5 nitrogen and oxygen atoms in total. The number of hydrogen-bond acceptors (Lipinski definition) is 4. The third-order valence-electron chi connectivity index (χ3n) is 3.97. The summed E-state index contributed by atoms with van der Waals surface area (Å²) < 4.78 is 43.6. The van der Waals surface area contributed by atoms with Gasteiger partial charge in [-0.1, -0.05) is 0 Å². The fourth-order valence-electron chi connectivity index (χ4n) is 2.72. The topological polar surface area (TPSA) is 55.3 Å². The van der Waals surface area contributed by atoms with Crippen LogP contribution in [-0.2, 0) is 6.18 Å². The van der Waals surface area contributed by atoms with E-state index in [4.69, 9.17) is 4.74 Å². The SMILES string of the molecule is O=C(c1ccc(C(F)(F)F)cc1)N1CCCC(Oc2ccncn2)C1. The second-order valence-electron chi connectivity index (χ2n) is 5.76. The highest BCUT2D eigenvalue weighted by molar-refractivity contribution is 5.94. The third-order valence-corrected chi connectivity index (χ3v) is 3.97. The highest BCUT2D eigenvalue weighted by Crippen LogP contribution is 2.29. The molecule has 0 aliphatic carbocycles. The molecule has 0 N–H and O–H groups in total. The summed E-state index contributed by atoms with van der Waals surface area (Å²) in [6, 6.07) is 5.90. The van der Waals surface area contributed by atoms with E-state index in [1.54, 1.807) is 17.2 Å². The molecule has 2 aromatic rings. The Morgan fingerprint density at radius 3 is 2.60 bits per heavy atom. The Bertz CT molecular complexity index is 720. The van der Waals surface area contributed by atoms with Crippen molar-refractivity contribution in [3.8, 4) is 5.88 Å². The van der Waals surface area contributed by atoms with Crippen LogP contribution in [0.5, 0.6) is 5.88 Å². The van der Waals surface area contributed by atoms with Crippen molar-refractivity contribution in [2.75, 3.05) is 13.1 Å². The monoisotopic (exact) mass is 351 g/mol. The summed E-state index contributed by atoms with van der Waals surface area (Å²) in [7, 11) is 0. The maximum atomic E-state index is 12.6. The number of piperidine rings is 1. The summed E-state index contributed by atoms with van der Waals surface area (Å²) in [6.07, 6.45) is -0.145. The molecule has 2 heterocycles. The van der Waals surface area contributed by atoms with Crippen LogP contribution in [0.2, 0.25) is 0 Å². The van der Waals surface area contributed by atoms with Gasteiger partial charge in [-0.25, -0.2) is 9.97 Å². The molecule has 1 amide bonds. The highest BCUT2D eigenvalue weighted by Gasteiger charge is 2.31. The van der Waals surface area contributed by atoms with E-state index in [2.05, 4.69) is 9.97 Å². The fraction of sp³-hybridized carbons (Fsp3) is 0.353. The van der Waals surface area contributed by atoms with Crippen LogP contribution in [-0.4, -0.2) is 40.0 Å². The third kappa shape index (κ3) is 4.26. The summed E-state index contributed by atoms with van der Waals surface area (Å²) >= 11 is 0.